The molecule has 0 aliphatic heterocycles. The normalized spacial score (nSPS) is 10.7. The zero-order valence-electron chi connectivity index (χ0n) is 3.89. The Hall–Kier alpha value is -0.120. The van der Waals surface area contributed by atoms with Crippen LogP contribution in [-0.2, 0) is 0 Å². The van der Waals surface area contributed by atoms with Crippen molar-refractivity contribution in [2.45, 2.75) is 0 Å². The molecule has 0 N–H and O–H groups in total. The fraction of sp³-hybridized carbons (Fsp3) is 0. The van der Waals surface area contributed by atoms with Gasteiger partial charge in [0.15, 0.2) is 0 Å². The Morgan fingerprint density at radius 2 is 2.29 bits per heavy atom. The summed E-state index contributed by atoms with van der Waals surface area (Å²) in [7, 11) is 0. The molecular weight excluding hydrogens is 201 g/mol. The Morgan fingerprint density at radius 3 is 2.43 bits per heavy atom. The van der Waals surface area contributed by atoms with E-state index in [0.29, 0.717) is 0 Å². The lowest BCUT2D eigenvalue weighted by atomic mass is 10.6. The zero-order chi connectivity index (χ0) is 5.70. The van der Waals surface area contributed by atoms with Gasteiger partial charge in [-0.15, -0.1) is 0 Å². The average molecular weight is 207 g/mol. The third-order valence-electron chi connectivity index (χ3n) is 0.410. The molecule has 0 unspecified atom stereocenters. The lowest BCUT2D eigenvalue weighted by Crippen LogP contribution is -1.53. The minimum atomic E-state index is 1.01. The van der Waals surface area contributed by atoms with Gasteiger partial charge in [-0.25, -0.2) is 0 Å². The molecule has 0 spiro atoms. The molecule has 2 heteroatoms. The van der Waals surface area contributed by atoms with Crippen LogP contribution in [0.5, 0.6) is 0 Å². The number of hydrogen-bond acceptors (Lipinski definition) is 1. The molecule has 0 saturated heterocycles. The predicted octanol–water partition coefficient (Wildman–Crippen LogP) is 2.15. The number of allylic oxidation sites excluding steroid dienone is 2. The van der Waals surface area contributed by atoms with Crippen LogP contribution < -0.4 is 0 Å². The maximum Gasteiger partial charge on any atom is 0.0394 e. The molecular formula is C5H6IN. The Bertz CT molecular complexity index is 105. The largest absolute Gasteiger partial charge is 0.271 e. The van der Waals surface area contributed by atoms with Crippen molar-refractivity contribution in [3.8, 4) is 0 Å². The predicted molar refractivity (Wildman–Crippen MR) is 41.8 cm³/mol. The molecule has 0 aliphatic rings. The Morgan fingerprint density at radius 1 is 1.71 bits per heavy atom. The molecule has 0 bridgehead atoms. The van der Waals surface area contributed by atoms with E-state index in [1.165, 1.54) is 0 Å². The van der Waals surface area contributed by atoms with Crippen LogP contribution in [-0.4, -0.2) is 6.72 Å². The van der Waals surface area contributed by atoms with Crippen molar-refractivity contribution in [2.75, 3.05) is 0 Å². The van der Waals surface area contributed by atoms with Crippen LogP contribution in [0.3, 0.4) is 0 Å². The summed E-state index contributed by atoms with van der Waals surface area (Å²) in [5.74, 6) is 0. The molecule has 0 heterocycles. The fourth-order valence-electron chi connectivity index (χ4n) is 0.140. The van der Waals surface area contributed by atoms with Crippen LogP contribution >= 0.6 is 22.6 Å². The van der Waals surface area contributed by atoms with E-state index < -0.39 is 0 Å². The summed E-state index contributed by atoms with van der Waals surface area (Å²) in [6.07, 6.45) is 3.36. The number of nitrogens with zero attached hydrogens (tertiary/aromatic N) is 1. The van der Waals surface area contributed by atoms with Crippen molar-refractivity contribution in [1.29, 1.82) is 0 Å². The van der Waals surface area contributed by atoms with Crippen LogP contribution in [0.15, 0.2) is 27.4 Å². The summed E-state index contributed by atoms with van der Waals surface area (Å²) in [6, 6.07) is 0. The number of rotatable bonds is 2. The fourth-order valence-corrected chi connectivity index (χ4v) is 0.337. The van der Waals surface area contributed by atoms with Crippen molar-refractivity contribution in [3.05, 3.63) is 22.4 Å². The zero-order valence-corrected chi connectivity index (χ0v) is 6.05. The molecule has 0 fully saturated rings. The molecule has 0 radical (unpaired) electrons. The van der Waals surface area contributed by atoms with Crippen LogP contribution in [0.25, 0.3) is 0 Å². The van der Waals surface area contributed by atoms with Crippen molar-refractivity contribution < 1.29 is 0 Å². The van der Waals surface area contributed by atoms with Gasteiger partial charge in [0, 0.05) is 9.78 Å². The monoisotopic (exact) mass is 207 g/mol. The second-order valence-corrected chi connectivity index (χ2v) is 2.15. The maximum atomic E-state index is 3.52. The molecule has 0 rings (SSSR count). The highest BCUT2D eigenvalue weighted by atomic mass is 127. The van der Waals surface area contributed by atoms with Crippen molar-refractivity contribution >= 4 is 29.3 Å². The highest BCUT2D eigenvalue weighted by Crippen LogP contribution is 2.04. The van der Waals surface area contributed by atoms with E-state index in [9.17, 15) is 0 Å². The van der Waals surface area contributed by atoms with Gasteiger partial charge in [0.1, 0.15) is 0 Å². The summed E-state index contributed by atoms with van der Waals surface area (Å²) in [5.41, 5.74) is 0. The number of aliphatic imine (C=N–C) groups is 1. The van der Waals surface area contributed by atoms with E-state index in [2.05, 4.69) is 40.9 Å². The smallest absolute Gasteiger partial charge is 0.0394 e. The average Bonchev–Trinajstić information content (AvgIpc) is 1.68. The lowest BCUT2D eigenvalue weighted by molar-refractivity contribution is 1.61. The summed E-state index contributed by atoms with van der Waals surface area (Å²) in [5, 5.41) is 0. The first-order chi connectivity index (χ1) is 3.31. The minimum absolute atomic E-state index is 1.01. The van der Waals surface area contributed by atoms with Crippen LogP contribution in [0.4, 0.5) is 0 Å². The number of halogens is 1. The van der Waals surface area contributed by atoms with Crippen molar-refractivity contribution in [1.82, 2.24) is 0 Å². The first-order valence-electron chi connectivity index (χ1n) is 1.75. The van der Waals surface area contributed by atoms with Gasteiger partial charge in [-0.1, -0.05) is 12.7 Å². The molecule has 0 aromatic carbocycles. The molecule has 1 nitrogen and oxygen atoms in total. The molecule has 0 aromatic heterocycles. The minimum Gasteiger partial charge on any atom is -0.271 e. The van der Waals surface area contributed by atoms with Gasteiger partial charge in [0.25, 0.3) is 0 Å². The lowest BCUT2D eigenvalue weighted by Gasteiger charge is -1.77. The quantitative estimate of drug-likeness (QED) is 0.373. The second-order valence-electron chi connectivity index (χ2n) is 0.901. The highest BCUT2D eigenvalue weighted by molar-refractivity contribution is 14.1. The van der Waals surface area contributed by atoms with Crippen LogP contribution in [0.1, 0.15) is 0 Å². The number of hydrogen-bond donors (Lipinski definition) is 0. The second kappa shape index (κ2) is 4.05. The van der Waals surface area contributed by atoms with E-state index in [1.807, 2.05) is 0 Å². The first-order valence-corrected chi connectivity index (χ1v) is 2.83. The SMILES string of the molecule is C=C/C(I)=C\N=C. The van der Waals surface area contributed by atoms with Crippen LogP contribution in [0, 0.1) is 0 Å². The molecule has 0 aromatic rings. The molecule has 0 atom stereocenters. The van der Waals surface area contributed by atoms with E-state index >= 15 is 0 Å². The Kier molecular flexibility index (Phi) is 3.98. The summed E-state index contributed by atoms with van der Waals surface area (Å²) in [6.45, 7) is 6.79. The van der Waals surface area contributed by atoms with Gasteiger partial charge in [0.05, 0.1) is 0 Å². The van der Waals surface area contributed by atoms with Gasteiger partial charge in [-0.3, -0.25) is 4.99 Å². The van der Waals surface area contributed by atoms with E-state index in [1.54, 1.807) is 12.3 Å². The van der Waals surface area contributed by atoms with Gasteiger partial charge >= 0.3 is 0 Å². The highest BCUT2D eigenvalue weighted by Gasteiger charge is 1.72. The van der Waals surface area contributed by atoms with Crippen LogP contribution in [0.2, 0.25) is 0 Å². The van der Waals surface area contributed by atoms with Gasteiger partial charge < -0.3 is 0 Å². The van der Waals surface area contributed by atoms with E-state index in [-0.39, 0.29) is 0 Å². The van der Waals surface area contributed by atoms with Crippen molar-refractivity contribution in [2.24, 2.45) is 4.99 Å². The van der Waals surface area contributed by atoms with E-state index in [0.717, 1.165) is 3.58 Å². The third-order valence-corrected chi connectivity index (χ3v) is 1.13. The molecule has 38 valence electrons. The summed E-state index contributed by atoms with van der Waals surface area (Å²) in [4.78, 5) is 3.52. The summed E-state index contributed by atoms with van der Waals surface area (Å²) >= 11 is 2.11. The Labute approximate surface area is 57.0 Å². The van der Waals surface area contributed by atoms with Gasteiger partial charge in [-0.05, 0) is 29.3 Å². The standard InChI is InChI=1S/C5H6IN/c1-3-5(6)4-7-2/h3-4H,1-2H2/b5-4+. The third kappa shape index (κ3) is 3.72. The first kappa shape index (κ1) is 6.88. The molecule has 0 aliphatic carbocycles. The van der Waals surface area contributed by atoms with Gasteiger partial charge in [0.2, 0.25) is 0 Å². The van der Waals surface area contributed by atoms with Crippen molar-refractivity contribution in [3.63, 3.8) is 0 Å². The van der Waals surface area contributed by atoms with E-state index in [4.69, 9.17) is 0 Å². The summed E-state index contributed by atoms with van der Waals surface area (Å²) < 4.78 is 1.01. The Balaban J connectivity index is 3.72. The van der Waals surface area contributed by atoms with Gasteiger partial charge in [-0.2, -0.15) is 0 Å². The maximum absolute atomic E-state index is 3.52. The topological polar surface area (TPSA) is 12.4 Å². The molecule has 7 heavy (non-hydrogen) atoms. The molecule has 0 saturated carbocycles. The molecule has 0 amide bonds.